The Balaban J connectivity index is 2.39. The molecule has 0 bridgehead atoms. The maximum atomic E-state index is 10.2. The number of anilines is 1. The molecule has 0 radical (unpaired) electrons. The highest BCUT2D eigenvalue weighted by atomic mass is 16.7. The van der Waals surface area contributed by atoms with E-state index in [2.05, 4.69) is 5.48 Å². The van der Waals surface area contributed by atoms with Crippen molar-refractivity contribution in [2.24, 2.45) is 0 Å². The van der Waals surface area contributed by atoms with Gasteiger partial charge in [-0.1, -0.05) is 18.2 Å². The molecule has 1 atom stereocenters. The zero-order valence-corrected chi connectivity index (χ0v) is 7.14. The second-order valence-corrected chi connectivity index (χ2v) is 2.47. The lowest BCUT2D eigenvalue weighted by atomic mass is 10.3. The molecule has 1 aromatic rings. The minimum absolute atomic E-state index is 0.518. The summed E-state index contributed by atoms with van der Waals surface area (Å²) in [6.07, 6.45) is -1.06. The molecule has 1 unspecified atom stereocenters. The van der Waals surface area contributed by atoms with Crippen molar-refractivity contribution in [1.82, 2.24) is 0 Å². The molecule has 0 heterocycles. The summed E-state index contributed by atoms with van der Waals surface area (Å²) in [5, 5.41) is 10.2. The Labute approximate surface area is 75.4 Å². The van der Waals surface area contributed by atoms with Crippen molar-refractivity contribution in [3.05, 3.63) is 40.4 Å². The molecule has 0 spiro atoms. The van der Waals surface area contributed by atoms with E-state index in [9.17, 15) is 10.1 Å². The molecule has 1 aromatic carbocycles. The fourth-order valence-corrected chi connectivity index (χ4v) is 0.703. The van der Waals surface area contributed by atoms with Gasteiger partial charge in [0.25, 0.3) is 0 Å². The smallest absolute Gasteiger partial charge is 0.262 e. The number of hydrogen-bond acceptors (Lipinski definition) is 4. The third kappa shape index (κ3) is 3.08. The van der Waals surface area contributed by atoms with E-state index in [1.54, 1.807) is 12.1 Å². The van der Waals surface area contributed by atoms with Gasteiger partial charge >= 0.3 is 6.23 Å². The minimum atomic E-state index is -1.06. The molecule has 0 saturated carbocycles. The molecule has 5 heteroatoms. The Kier molecular flexibility index (Phi) is 3.22. The molecule has 13 heavy (non-hydrogen) atoms. The zero-order chi connectivity index (χ0) is 9.68. The lowest BCUT2D eigenvalue weighted by molar-refractivity contribution is -0.567. The van der Waals surface area contributed by atoms with Gasteiger partial charge in [-0.3, -0.25) is 15.6 Å². The van der Waals surface area contributed by atoms with E-state index in [1.807, 2.05) is 18.2 Å². The number of benzene rings is 1. The predicted molar refractivity (Wildman–Crippen MR) is 47.6 cm³/mol. The van der Waals surface area contributed by atoms with Crippen LogP contribution in [-0.4, -0.2) is 11.2 Å². The summed E-state index contributed by atoms with van der Waals surface area (Å²) in [4.78, 5) is 14.4. The molecule has 0 amide bonds. The van der Waals surface area contributed by atoms with Gasteiger partial charge in [0.1, 0.15) is 0 Å². The van der Waals surface area contributed by atoms with Crippen molar-refractivity contribution in [3.63, 3.8) is 0 Å². The van der Waals surface area contributed by atoms with E-state index < -0.39 is 11.2 Å². The summed E-state index contributed by atoms with van der Waals surface area (Å²) >= 11 is 0. The van der Waals surface area contributed by atoms with E-state index in [0.717, 1.165) is 0 Å². The Bertz CT molecular complexity index is 276. The fraction of sp³-hybridized carbons (Fsp3) is 0.250. The molecule has 0 saturated heterocycles. The summed E-state index contributed by atoms with van der Waals surface area (Å²) in [6.45, 7) is 1.36. The number of para-hydroxylation sites is 1. The largest absolute Gasteiger partial charge is 0.332 e. The van der Waals surface area contributed by atoms with Crippen LogP contribution in [0.15, 0.2) is 30.3 Å². The monoisotopic (exact) mass is 182 g/mol. The van der Waals surface area contributed by atoms with Gasteiger partial charge in [0.15, 0.2) is 0 Å². The first-order valence-electron chi connectivity index (χ1n) is 3.80. The average Bonchev–Trinajstić information content (AvgIpc) is 2.15. The van der Waals surface area contributed by atoms with Gasteiger partial charge < -0.3 is 0 Å². The third-order valence-corrected chi connectivity index (χ3v) is 1.42. The van der Waals surface area contributed by atoms with E-state index in [1.165, 1.54) is 6.92 Å². The second kappa shape index (κ2) is 4.42. The van der Waals surface area contributed by atoms with Crippen LogP contribution in [0.4, 0.5) is 5.69 Å². The van der Waals surface area contributed by atoms with Crippen LogP contribution in [-0.2, 0) is 4.84 Å². The van der Waals surface area contributed by atoms with Crippen LogP contribution >= 0.6 is 0 Å². The summed E-state index contributed by atoms with van der Waals surface area (Å²) < 4.78 is 0. The quantitative estimate of drug-likeness (QED) is 0.437. The molecule has 0 aliphatic rings. The Morgan fingerprint density at radius 2 is 2.08 bits per heavy atom. The van der Waals surface area contributed by atoms with Crippen LogP contribution in [0, 0.1) is 10.1 Å². The molecule has 0 aromatic heterocycles. The van der Waals surface area contributed by atoms with Crippen molar-refractivity contribution in [2.75, 3.05) is 5.48 Å². The lowest BCUT2D eigenvalue weighted by Crippen LogP contribution is -2.21. The van der Waals surface area contributed by atoms with Crippen LogP contribution in [0.25, 0.3) is 0 Å². The highest BCUT2D eigenvalue weighted by Gasteiger charge is 2.12. The summed E-state index contributed by atoms with van der Waals surface area (Å²) in [6, 6.07) is 8.98. The number of nitrogens with one attached hydrogen (secondary N) is 1. The Morgan fingerprint density at radius 1 is 1.46 bits per heavy atom. The van der Waals surface area contributed by atoms with Crippen molar-refractivity contribution >= 4 is 5.69 Å². The summed E-state index contributed by atoms with van der Waals surface area (Å²) in [5.41, 5.74) is 3.18. The number of hydrogen-bond donors (Lipinski definition) is 1. The highest BCUT2D eigenvalue weighted by Crippen LogP contribution is 2.05. The minimum Gasteiger partial charge on any atom is -0.262 e. The SMILES string of the molecule is CC(ONc1ccccc1)[N+](=O)[O-]. The molecule has 70 valence electrons. The van der Waals surface area contributed by atoms with Gasteiger partial charge in [-0.25, -0.2) is 4.84 Å². The number of nitro groups is 1. The zero-order valence-electron chi connectivity index (χ0n) is 7.14. The van der Waals surface area contributed by atoms with Crippen molar-refractivity contribution < 1.29 is 9.76 Å². The molecular formula is C8H10N2O3. The van der Waals surface area contributed by atoms with Crippen molar-refractivity contribution in [1.29, 1.82) is 0 Å². The molecule has 0 fully saturated rings. The molecular weight excluding hydrogens is 172 g/mol. The Hall–Kier alpha value is -1.62. The van der Waals surface area contributed by atoms with Crippen molar-refractivity contribution in [3.8, 4) is 0 Å². The molecule has 1 N–H and O–H groups in total. The second-order valence-electron chi connectivity index (χ2n) is 2.47. The molecule has 1 rings (SSSR count). The third-order valence-electron chi connectivity index (χ3n) is 1.42. The van der Waals surface area contributed by atoms with Crippen LogP contribution < -0.4 is 5.48 Å². The number of rotatable bonds is 4. The van der Waals surface area contributed by atoms with E-state index in [4.69, 9.17) is 4.84 Å². The number of nitrogens with zero attached hydrogens (tertiary/aromatic N) is 1. The van der Waals surface area contributed by atoms with Gasteiger partial charge in [-0.2, -0.15) is 0 Å². The van der Waals surface area contributed by atoms with Gasteiger partial charge in [0, 0.05) is 6.92 Å². The summed E-state index contributed by atoms with van der Waals surface area (Å²) in [7, 11) is 0. The molecule has 5 nitrogen and oxygen atoms in total. The maximum absolute atomic E-state index is 10.2. The first kappa shape index (κ1) is 9.47. The van der Waals surface area contributed by atoms with Crippen molar-refractivity contribution in [2.45, 2.75) is 13.2 Å². The van der Waals surface area contributed by atoms with E-state index in [-0.39, 0.29) is 0 Å². The van der Waals surface area contributed by atoms with Gasteiger partial charge in [-0.05, 0) is 12.1 Å². The normalized spacial score (nSPS) is 12.1. The summed E-state index contributed by atoms with van der Waals surface area (Å²) in [5.74, 6) is 0. The first-order chi connectivity index (χ1) is 6.20. The van der Waals surface area contributed by atoms with Gasteiger partial charge in [0.05, 0.1) is 10.6 Å². The van der Waals surface area contributed by atoms with Gasteiger partial charge in [-0.15, -0.1) is 0 Å². The lowest BCUT2D eigenvalue weighted by Gasteiger charge is -2.06. The van der Waals surface area contributed by atoms with Crippen LogP contribution in [0.5, 0.6) is 0 Å². The van der Waals surface area contributed by atoms with Crippen LogP contribution in [0.1, 0.15) is 6.92 Å². The fourth-order valence-electron chi connectivity index (χ4n) is 0.703. The predicted octanol–water partition coefficient (Wildman–Crippen LogP) is 1.65. The first-order valence-corrected chi connectivity index (χ1v) is 3.80. The van der Waals surface area contributed by atoms with E-state index in [0.29, 0.717) is 5.69 Å². The average molecular weight is 182 g/mol. The Morgan fingerprint density at radius 3 is 2.62 bits per heavy atom. The van der Waals surface area contributed by atoms with Crippen LogP contribution in [0.3, 0.4) is 0 Å². The molecule has 0 aliphatic carbocycles. The topological polar surface area (TPSA) is 64.4 Å². The maximum Gasteiger partial charge on any atom is 0.332 e. The molecule has 0 aliphatic heterocycles. The van der Waals surface area contributed by atoms with Crippen LogP contribution in [0.2, 0.25) is 0 Å². The van der Waals surface area contributed by atoms with Gasteiger partial charge in [0.2, 0.25) is 0 Å². The standard InChI is InChI=1S/C8H10N2O3/c1-7(10(11)12)13-9-8-5-3-2-4-6-8/h2-7,9H,1H3. The highest BCUT2D eigenvalue weighted by molar-refractivity contribution is 5.39. The van der Waals surface area contributed by atoms with E-state index >= 15 is 0 Å².